The van der Waals surface area contributed by atoms with Gasteiger partial charge in [0.05, 0.1) is 6.61 Å². The Hall–Kier alpha value is -0.970. The summed E-state index contributed by atoms with van der Waals surface area (Å²) in [5.74, 6) is 0. The van der Waals surface area contributed by atoms with E-state index in [-0.39, 0.29) is 6.10 Å². The standard InChI is InChI=1S/C13H18N2OS/c1-10(11-5-3-2-4-6-11)15-7-8-16-12(9-15)13(14)17/h2-6,10,12H,7-9H2,1H3,(H2,14,17). The van der Waals surface area contributed by atoms with Crippen molar-refractivity contribution < 1.29 is 4.74 Å². The molecule has 1 aliphatic rings. The Morgan fingerprint density at radius 1 is 1.47 bits per heavy atom. The van der Waals surface area contributed by atoms with E-state index in [9.17, 15) is 0 Å². The molecule has 4 heteroatoms. The molecule has 1 fully saturated rings. The molecule has 1 saturated heterocycles. The van der Waals surface area contributed by atoms with Crippen LogP contribution in [0.4, 0.5) is 0 Å². The van der Waals surface area contributed by atoms with Crippen molar-refractivity contribution >= 4 is 17.2 Å². The molecule has 2 atom stereocenters. The van der Waals surface area contributed by atoms with Gasteiger partial charge in [0.2, 0.25) is 0 Å². The summed E-state index contributed by atoms with van der Waals surface area (Å²) in [5.41, 5.74) is 6.96. The predicted molar refractivity (Wildman–Crippen MR) is 73.0 cm³/mol. The van der Waals surface area contributed by atoms with Crippen LogP contribution < -0.4 is 5.73 Å². The van der Waals surface area contributed by atoms with Crippen molar-refractivity contribution in [2.75, 3.05) is 19.7 Å². The maximum atomic E-state index is 5.65. The predicted octanol–water partition coefficient (Wildman–Crippen LogP) is 1.73. The lowest BCUT2D eigenvalue weighted by Crippen LogP contribution is -2.48. The minimum atomic E-state index is -0.107. The molecule has 92 valence electrons. The van der Waals surface area contributed by atoms with Gasteiger partial charge < -0.3 is 10.5 Å². The molecule has 2 N–H and O–H groups in total. The van der Waals surface area contributed by atoms with E-state index in [1.165, 1.54) is 5.56 Å². The molecule has 0 aromatic heterocycles. The summed E-state index contributed by atoms with van der Waals surface area (Å²) in [6.07, 6.45) is -0.107. The molecular formula is C13H18N2OS. The van der Waals surface area contributed by atoms with Gasteiger partial charge in [-0.1, -0.05) is 42.5 Å². The molecule has 0 amide bonds. The zero-order valence-corrected chi connectivity index (χ0v) is 10.8. The summed E-state index contributed by atoms with van der Waals surface area (Å²) in [5, 5.41) is 0. The van der Waals surface area contributed by atoms with Crippen molar-refractivity contribution in [3.8, 4) is 0 Å². The van der Waals surface area contributed by atoms with Crippen molar-refractivity contribution in [1.82, 2.24) is 4.90 Å². The Morgan fingerprint density at radius 3 is 2.82 bits per heavy atom. The van der Waals surface area contributed by atoms with Crippen LogP contribution in [0.5, 0.6) is 0 Å². The average molecular weight is 250 g/mol. The highest BCUT2D eigenvalue weighted by Gasteiger charge is 2.26. The van der Waals surface area contributed by atoms with E-state index in [0.717, 1.165) is 13.1 Å². The van der Waals surface area contributed by atoms with E-state index in [1.54, 1.807) is 0 Å². The largest absolute Gasteiger partial charge is 0.391 e. The topological polar surface area (TPSA) is 38.5 Å². The summed E-state index contributed by atoms with van der Waals surface area (Å²) in [7, 11) is 0. The molecule has 1 aliphatic heterocycles. The molecule has 0 saturated carbocycles. The van der Waals surface area contributed by atoms with Crippen molar-refractivity contribution in [3.63, 3.8) is 0 Å². The number of nitrogens with zero attached hydrogens (tertiary/aromatic N) is 1. The first-order valence-electron chi connectivity index (χ1n) is 5.88. The van der Waals surface area contributed by atoms with Gasteiger partial charge in [-0.25, -0.2) is 0 Å². The van der Waals surface area contributed by atoms with Gasteiger partial charge in [-0.15, -0.1) is 0 Å². The van der Waals surface area contributed by atoms with Gasteiger partial charge in [0.25, 0.3) is 0 Å². The van der Waals surface area contributed by atoms with Crippen LogP contribution in [0.1, 0.15) is 18.5 Å². The number of thiocarbonyl (C=S) groups is 1. The van der Waals surface area contributed by atoms with Crippen LogP contribution in [0.3, 0.4) is 0 Å². The van der Waals surface area contributed by atoms with Crippen LogP contribution in [0, 0.1) is 0 Å². The fourth-order valence-electron chi connectivity index (χ4n) is 2.14. The molecule has 1 aromatic carbocycles. The summed E-state index contributed by atoms with van der Waals surface area (Å²) < 4.78 is 5.55. The molecule has 1 aromatic rings. The second-order valence-electron chi connectivity index (χ2n) is 4.34. The van der Waals surface area contributed by atoms with Crippen LogP contribution in [-0.4, -0.2) is 35.7 Å². The highest BCUT2D eigenvalue weighted by Crippen LogP contribution is 2.22. The van der Waals surface area contributed by atoms with Gasteiger partial charge in [-0.05, 0) is 12.5 Å². The number of hydrogen-bond acceptors (Lipinski definition) is 3. The zero-order valence-electron chi connectivity index (χ0n) is 10.0. The Labute approximate surface area is 108 Å². The summed E-state index contributed by atoms with van der Waals surface area (Å²) in [6, 6.07) is 10.8. The monoisotopic (exact) mass is 250 g/mol. The number of hydrogen-bond donors (Lipinski definition) is 1. The normalized spacial score (nSPS) is 23.2. The Morgan fingerprint density at radius 2 is 2.18 bits per heavy atom. The van der Waals surface area contributed by atoms with Gasteiger partial charge in [0, 0.05) is 19.1 Å². The molecule has 1 heterocycles. The number of morpholine rings is 1. The molecule has 0 spiro atoms. The Balaban J connectivity index is 2.05. The Bertz CT molecular complexity index is 382. The van der Waals surface area contributed by atoms with Crippen LogP contribution >= 0.6 is 12.2 Å². The average Bonchev–Trinajstić information content (AvgIpc) is 2.39. The number of rotatable bonds is 3. The summed E-state index contributed by atoms with van der Waals surface area (Å²) in [4.78, 5) is 2.82. The van der Waals surface area contributed by atoms with E-state index in [0.29, 0.717) is 17.6 Å². The van der Waals surface area contributed by atoms with Crippen LogP contribution in [-0.2, 0) is 4.74 Å². The fourth-order valence-corrected chi connectivity index (χ4v) is 2.28. The first-order valence-corrected chi connectivity index (χ1v) is 6.29. The minimum Gasteiger partial charge on any atom is -0.391 e. The summed E-state index contributed by atoms with van der Waals surface area (Å²) in [6.45, 7) is 4.61. The summed E-state index contributed by atoms with van der Waals surface area (Å²) >= 11 is 5.00. The van der Waals surface area contributed by atoms with Crippen LogP contribution in [0.2, 0.25) is 0 Å². The van der Waals surface area contributed by atoms with Crippen LogP contribution in [0.25, 0.3) is 0 Å². The second kappa shape index (κ2) is 5.58. The molecule has 17 heavy (non-hydrogen) atoms. The number of nitrogens with two attached hydrogens (primary N) is 1. The molecule has 0 bridgehead atoms. The maximum Gasteiger partial charge on any atom is 0.120 e. The highest BCUT2D eigenvalue weighted by molar-refractivity contribution is 7.80. The first-order chi connectivity index (χ1) is 8.18. The Kier molecular flexibility index (Phi) is 4.10. The quantitative estimate of drug-likeness (QED) is 0.829. The van der Waals surface area contributed by atoms with E-state index in [1.807, 2.05) is 6.07 Å². The first kappa shape index (κ1) is 12.5. The lowest BCUT2D eigenvalue weighted by molar-refractivity contribution is -0.00837. The number of ether oxygens (including phenoxy) is 1. The van der Waals surface area contributed by atoms with Gasteiger partial charge in [0.1, 0.15) is 11.1 Å². The van der Waals surface area contributed by atoms with Gasteiger partial charge >= 0.3 is 0 Å². The molecule has 2 unspecified atom stereocenters. The molecule has 3 nitrogen and oxygen atoms in total. The van der Waals surface area contributed by atoms with E-state index in [2.05, 4.69) is 36.1 Å². The lowest BCUT2D eigenvalue weighted by atomic mass is 10.1. The second-order valence-corrected chi connectivity index (χ2v) is 4.81. The smallest absolute Gasteiger partial charge is 0.120 e. The van der Waals surface area contributed by atoms with Crippen molar-refractivity contribution in [2.45, 2.75) is 19.1 Å². The minimum absolute atomic E-state index is 0.107. The van der Waals surface area contributed by atoms with Gasteiger partial charge in [-0.2, -0.15) is 0 Å². The molecule has 0 aliphatic carbocycles. The van der Waals surface area contributed by atoms with Crippen molar-refractivity contribution in [1.29, 1.82) is 0 Å². The van der Waals surface area contributed by atoms with E-state index in [4.69, 9.17) is 22.7 Å². The van der Waals surface area contributed by atoms with E-state index < -0.39 is 0 Å². The molecular weight excluding hydrogens is 232 g/mol. The molecule has 2 rings (SSSR count). The van der Waals surface area contributed by atoms with Crippen molar-refractivity contribution in [2.24, 2.45) is 5.73 Å². The third-order valence-corrected chi connectivity index (χ3v) is 3.51. The van der Waals surface area contributed by atoms with Crippen LogP contribution in [0.15, 0.2) is 30.3 Å². The fraction of sp³-hybridized carbons (Fsp3) is 0.462. The van der Waals surface area contributed by atoms with E-state index >= 15 is 0 Å². The third-order valence-electron chi connectivity index (χ3n) is 3.24. The maximum absolute atomic E-state index is 5.65. The van der Waals surface area contributed by atoms with Gasteiger partial charge in [-0.3, -0.25) is 4.90 Å². The molecule has 0 radical (unpaired) electrons. The number of benzene rings is 1. The third kappa shape index (κ3) is 3.03. The SMILES string of the molecule is CC(c1ccccc1)N1CCOC(C(N)=S)C1. The van der Waals surface area contributed by atoms with Crippen molar-refractivity contribution in [3.05, 3.63) is 35.9 Å². The zero-order chi connectivity index (χ0) is 12.3. The van der Waals surface area contributed by atoms with Gasteiger partial charge in [0.15, 0.2) is 0 Å². The lowest BCUT2D eigenvalue weighted by Gasteiger charge is -2.36. The highest BCUT2D eigenvalue weighted by atomic mass is 32.1.